The molecule has 5 nitrogen and oxygen atoms in total. The van der Waals surface area contributed by atoms with Crippen molar-refractivity contribution in [2.45, 2.75) is 19.4 Å². The number of ether oxygens (including phenoxy) is 1. The summed E-state index contributed by atoms with van der Waals surface area (Å²) in [5.74, 6) is 0.689. The molecule has 106 valence electrons. The molecule has 0 saturated carbocycles. The van der Waals surface area contributed by atoms with E-state index in [0.717, 1.165) is 44.5 Å². The second kappa shape index (κ2) is 7.13. The van der Waals surface area contributed by atoms with Gasteiger partial charge in [-0.3, -0.25) is 4.90 Å². The lowest BCUT2D eigenvalue weighted by atomic mass is 10.1. The maximum Gasteiger partial charge on any atom is 0.208 e. The first-order valence-electron chi connectivity index (χ1n) is 6.82. The second-order valence-corrected chi connectivity index (χ2v) is 6.01. The molecule has 2 aliphatic rings. The molecule has 0 aliphatic carbocycles. The minimum absolute atomic E-state index is 0.428. The summed E-state index contributed by atoms with van der Waals surface area (Å²) >= 11 is 1.55. The van der Waals surface area contributed by atoms with Gasteiger partial charge in [0.15, 0.2) is 5.17 Å². The number of amidine groups is 1. The van der Waals surface area contributed by atoms with Crippen molar-refractivity contribution in [3.63, 3.8) is 0 Å². The molecule has 2 heterocycles. The van der Waals surface area contributed by atoms with Crippen molar-refractivity contribution in [3.05, 3.63) is 0 Å². The molecule has 2 saturated heterocycles. The summed E-state index contributed by atoms with van der Waals surface area (Å²) < 4.78 is 5.62. The third-order valence-electron chi connectivity index (χ3n) is 3.77. The molecule has 0 amide bonds. The van der Waals surface area contributed by atoms with Crippen LogP contribution in [0.5, 0.6) is 0 Å². The Kier molecular flexibility index (Phi) is 5.49. The molecule has 0 aromatic heterocycles. The van der Waals surface area contributed by atoms with Gasteiger partial charge in [0.05, 0.1) is 12.7 Å². The zero-order valence-electron chi connectivity index (χ0n) is 11.7. The highest BCUT2D eigenvalue weighted by molar-refractivity contribution is 8.13. The third kappa shape index (κ3) is 4.10. The predicted molar refractivity (Wildman–Crippen MR) is 78.1 cm³/mol. The fourth-order valence-electron chi connectivity index (χ4n) is 2.81. The van der Waals surface area contributed by atoms with Crippen LogP contribution in [0.3, 0.4) is 0 Å². The highest BCUT2D eigenvalue weighted by Gasteiger charge is 2.26. The molecule has 0 aromatic rings. The van der Waals surface area contributed by atoms with Crippen LogP contribution in [0.1, 0.15) is 13.3 Å². The number of nitrogens with zero attached hydrogens (tertiary/aromatic N) is 4. The topological polar surface area (TPSA) is 51.9 Å². The van der Waals surface area contributed by atoms with E-state index >= 15 is 0 Å². The van der Waals surface area contributed by atoms with Gasteiger partial charge >= 0.3 is 0 Å². The van der Waals surface area contributed by atoms with E-state index < -0.39 is 0 Å². The monoisotopic (exact) mass is 282 g/mol. The normalized spacial score (nSPS) is 29.5. The van der Waals surface area contributed by atoms with Crippen molar-refractivity contribution < 1.29 is 4.74 Å². The fourth-order valence-corrected chi connectivity index (χ4v) is 3.38. The molecular weight excluding hydrogens is 260 g/mol. The molecule has 0 aromatic carbocycles. The van der Waals surface area contributed by atoms with Gasteiger partial charge in [0.1, 0.15) is 0 Å². The highest BCUT2D eigenvalue weighted by Crippen LogP contribution is 2.21. The molecular formula is C13H22N4OS. The molecule has 2 rings (SSSR count). The van der Waals surface area contributed by atoms with E-state index in [1.54, 1.807) is 11.8 Å². The zero-order chi connectivity index (χ0) is 13.7. The smallest absolute Gasteiger partial charge is 0.208 e. The standard InChI is InChI=1S/C13H22N4OS/c1-11-7-12(9-18-11)8-16-3-5-17(6-4-16)13(19-2)15-10-14/h11-12H,3-9H2,1-2H3. The average molecular weight is 282 g/mol. The Morgan fingerprint density at radius 1 is 1.42 bits per heavy atom. The van der Waals surface area contributed by atoms with Gasteiger partial charge in [0.25, 0.3) is 0 Å². The second-order valence-electron chi connectivity index (χ2n) is 5.23. The molecule has 0 bridgehead atoms. The Labute approximate surface area is 119 Å². The Balaban J connectivity index is 1.76. The van der Waals surface area contributed by atoms with Gasteiger partial charge in [0, 0.05) is 32.7 Å². The van der Waals surface area contributed by atoms with E-state index in [1.165, 1.54) is 6.42 Å². The fraction of sp³-hybridized carbons (Fsp3) is 0.846. The lowest BCUT2D eigenvalue weighted by Crippen LogP contribution is -2.49. The van der Waals surface area contributed by atoms with Crippen LogP contribution in [0.25, 0.3) is 0 Å². The maximum atomic E-state index is 8.66. The Hall–Kier alpha value is -0.770. The number of rotatable bonds is 2. The number of hydrogen-bond donors (Lipinski definition) is 0. The van der Waals surface area contributed by atoms with Gasteiger partial charge in [-0.15, -0.1) is 4.99 Å². The first-order valence-corrected chi connectivity index (χ1v) is 8.05. The quantitative estimate of drug-likeness (QED) is 0.433. The average Bonchev–Trinajstić information content (AvgIpc) is 2.82. The molecule has 0 spiro atoms. The lowest BCUT2D eigenvalue weighted by Gasteiger charge is -2.36. The first-order chi connectivity index (χ1) is 9.22. The molecule has 2 atom stereocenters. The summed E-state index contributed by atoms with van der Waals surface area (Å²) in [5.41, 5.74) is 0. The lowest BCUT2D eigenvalue weighted by molar-refractivity contribution is 0.110. The Morgan fingerprint density at radius 2 is 2.16 bits per heavy atom. The SMILES string of the molecule is CSC(=NC#N)N1CCN(CC2COC(C)C2)CC1. The minimum atomic E-state index is 0.428. The van der Waals surface area contributed by atoms with Crippen molar-refractivity contribution in [1.82, 2.24) is 9.80 Å². The van der Waals surface area contributed by atoms with E-state index in [-0.39, 0.29) is 0 Å². The van der Waals surface area contributed by atoms with Crippen LogP contribution in [0.2, 0.25) is 0 Å². The number of hydrogen-bond acceptors (Lipinski definition) is 5. The molecule has 2 fully saturated rings. The predicted octanol–water partition coefficient (Wildman–Crippen LogP) is 1.23. The van der Waals surface area contributed by atoms with Gasteiger partial charge in [-0.25, -0.2) is 0 Å². The molecule has 2 unspecified atom stereocenters. The highest BCUT2D eigenvalue weighted by atomic mass is 32.2. The summed E-state index contributed by atoms with van der Waals surface area (Å²) in [6, 6.07) is 0. The number of nitriles is 1. The number of aliphatic imine (C=N–C) groups is 1. The van der Waals surface area contributed by atoms with Gasteiger partial charge in [-0.05, 0) is 25.5 Å². The van der Waals surface area contributed by atoms with Gasteiger partial charge in [0.2, 0.25) is 6.19 Å². The van der Waals surface area contributed by atoms with Crippen LogP contribution in [0.4, 0.5) is 0 Å². The van der Waals surface area contributed by atoms with Crippen molar-refractivity contribution in [1.29, 1.82) is 5.26 Å². The van der Waals surface area contributed by atoms with E-state index in [0.29, 0.717) is 12.0 Å². The third-order valence-corrected chi connectivity index (χ3v) is 4.48. The Bertz CT molecular complexity index is 360. The van der Waals surface area contributed by atoms with Crippen molar-refractivity contribution in [2.75, 3.05) is 45.6 Å². The summed E-state index contributed by atoms with van der Waals surface area (Å²) in [5, 5.41) is 9.51. The van der Waals surface area contributed by atoms with E-state index in [1.807, 2.05) is 12.4 Å². The summed E-state index contributed by atoms with van der Waals surface area (Å²) in [4.78, 5) is 8.59. The zero-order valence-corrected chi connectivity index (χ0v) is 12.5. The van der Waals surface area contributed by atoms with Crippen LogP contribution in [0.15, 0.2) is 4.99 Å². The molecule has 19 heavy (non-hydrogen) atoms. The summed E-state index contributed by atoms with van der Waals surface area (Å²) in [6.45, 7) is 8.23. The minimum Gasteiger partial charge on any atom is -0.378 e. The van der Waals surface area contributed by atoms with Crippen LogP contribution in [-0.4, -0.2) is 66.7 Å². The largest absolute Gasteiger partial charge is 0.378 e. The van der Waals surface area contributed by atoms with Crippen molar-refractivity contribution >= 4 is 16.9 Å². The maximum absolute atomic E-state index is 8.66. The molecule has 0 radical (unpaired) electrons. The van der Waals surface area contributed by atoms with Crippen LogP contribution >= 0.6 is 11.8 Å². The summed E-state index contributed by atoms with van der Waals surface area (Å²) in [7, 11) is 0. The van der Waals surface area contributed by atoms with Crippen LogP contribution in [0, 0.1) is 17.4 Å². The van der Waals surface area contributed by atoms with Gasteiger partial charge in [-0.2, -0.15) is 5.26 Å². The molecule has 6 heteroatoms. The van der Waals surface area contributed by atoms with E-state index in [4.69, 9.17) is 10.00 Å². The van der Waals surface area contributed by atoms with Crippen LogP contribution in [-0.2, 0) is 4.74 Å². The first kappa shape index (κ1) is 14.6. The number of thioether (sulfide) groups is 1. The van der Waals surface area contributed by atoms with E-state index in [2.05, 4.69) is 21.7 Å². The summed E-state index contributed by atoms with van der Waals surface area (Å²) in [6.07, 6.45) is 5.47. The van der Waals surface area contributed by atoms with Crippen molar-refractivity contribution in [3.8, 4) is 6.19 Å². The van der Waals surface area contributed by atoms with Gasteiger partial charge < -0.3 is 9.64 Å². The molecule has 0 N–H and O–H groups in total. The molecule has 2 aliphatic heterocycles. The van der Waals surface area contributed by atoms with Crippen LogP contribution < -0.4 is 0 Å². The Morgan fingerprint density at radius 3 is 2.68 bits per heavy atom. The van der Waals surface area contributed by atoms with E-state index in [9.17, 15) is 0 Å². The van der Waals surface area contributed by atoms with Gasteiger partial charge in [-0.1, -0.05) is 11.8 Å². The number of piperazine rings is 1. The van der Waals surface area contributed by atoms with Crippen molar-refractivity contribution in [2.24, 2.45) is 10.9 Å².